The van der Waals surface area contributed by atoms with Crippen LogP contribution in [0.3, 0.4) is 0 Å². The van der Waals surface area contributed by atoms with Crippen LogP contribution in [-0.2, 0) is 23.2 Å². The van der Waals surface area contributed by atoms with Crippen LogP contribution in [0.25, 0.3) is 0 Å². The number of aryl methyl sites for hydroxylation is 2. The zero-order chi connectivity index (χ0) is 28.6. The Kier molecular flexibility index (Phi) is 7.60. The molecule has 6 rings (SSSR count). The molecule has 0 radical (unpaired) electrons. The SMILES string of the molecule is C=CC(=O)N1CCN(c2nc(OC[C@@H]3CCCN3C)nc3c2CCC2(CCCc4cccc(C)c42)O3)C[C@@H]1CC#N. The predicted molar refractivity (Wildman–Crippen MR) is 156 cm³/mol. The fourth-order valence-electron chi connectivity index (χ4n) is 7.35. The van der Waals surface area contributed by atoms with Crippen LogP contribution in [0.4, 0.5) is 5.82 Å². The van der Waals surface area contributed by atoms with Crippen molar-refractivity contribution in [2.75, 3.05) is 44.7 Å². The number of likely N-dealkylation sites (N-methyl/N-ethyl adjacent to an activating group) is 1. The number of amides is 1. The summed E-state index contributed by atoms with van der Waals surface area (Å²) in [5.74, 6) is 1.26. The molecule has 1 aromatic heterocycles. The van der Waals surface area contributed by atoms with Crippen molar-refractivity contribution in [3.05, 3.63) is 53.1 Å². The minimum Gasteiger partial charge on any atom is -0.466 e. The Labute approximate surface area is 242 Å². The Morgan fingerprint density at radius 3 is 2.88 bits per heavy atom. The summed E-state index contributed by atoms with van der Waals surface area (Å²) in [5, 5.41) is 9.52. The quantitative estimate of drug-likeness (QED) is 0.494. The molecule has 9 nitrogen and oxygen atoms in total. The molecule has 1 aromatic carbocycles. The Bertz CT molecular complexity index is 1370. The number of carbonyl (C=O) groups excluding carboxylic acids is 1. The number of hydrogen-bond donors (Lipinski definition) is 0. The van der Waals surface area contributed by atoms with Crippen molar-refractivity contribution in [3.63, 3.8) is 0 Å². The van der Waals surface area contributed by atoms with Crippen LogP contribution in [0.15, 0.2) is 30.9 Å². The van der Waals surface area contributed by atoms with E-state index in [4.69, 9.17) is 19.4 Å². The van der Waals surface area contributed by atoms with Gasteiger partial charge in [-0.05, 0) is 82.7 Å². The van der Waals surface area contributed by atoms with Gasteiger partial charge in [0.05, 0.1) is 24.1 Å². The number of nitriles is 1. The fourth-order valence-corrected chi connectivity index (χ4v) is 7.35. The number of piperazine rings is 1. The Hall–Kier alpha value is -3.64. The number of carbonyl (C=O) groups is 1. The summed E-state index contributed by atoms with van der Waals surface area (Å²) in [6.45, 7) is 9.04. The molecular weight excluding hydrogens is 516 g/mol. The maximum absolute atomic E-state index is 12.5. The van der Waals surface area contributed by atoms with Crippen LogP contribution in [0, 0.1) is 18.3 Å². The van der Waals surface area contributed by atoms with Crippen molar-refractivity contribution in [2.24, 2.45) is 0 Å². The lowest BCUT2D eigenvalue weighted by atomic mass is 9.73. The van der Waals surface area contributed by atoms with Crippen molar-refractivity contribution in [1.29, 1.82) is 5.26 Å². The van der Waals surface area contributed by atoms with E-state index in [1.165, 1.54) is 29.2 Å². The van der Waals surface area contributed by atoms with Gasteiger partial charge in [0.2, 0.25) is 11.8 Å². The summed E-state index contributed by atoms with van der Waals surface area (Å²) < 4.78 is 13.3. The van der Waals surface area contributed by atoms with Crippen molar-refractivity contribution in [1.82, 2.24) is 19.8 Å². The third-order valence-electron chi connectivity index (χ3n) is 9.48. The topological polar surface area (TPSA) is 94.8 Å². The molecule has 2 fully saturated rings. The van der Waals surface area contributed by atoms with Gasteiger partial charge in [-0.1, -0.05) is 24.8 Å². The minimum atomic E-state index is -0.404. The lowest BCUT2D eigenvalue weighted by molar-refractivity contribution is -0.128. The van der Waals surface area contributed by atoms with E-state index in [1.807, 2.05) is 0 Å². The number of likely N-dealkylation sites (tertiary alicyclic amines) is 1. The third kappa shape index (κ3) is 5.14. The van der Waals surface area contributed by atoms with E-state index >= 15 is 0 Å². The van der Waals surface area contributed by atoms with E-state index in [0.717, 1.165) is 56.5 Å². The smallest absolute Gasteiger partial charge is 0.321 e. The van der Waals surface area contributed by atoms with Crippen molar-refractivity contribution in [3.8, 4) is 18.0 Å². The number of benzene rings is 1. The second-order valence-corrected chi connectivity index (χ2v) is 12.0. The predicted octanol–water partition coefficient (Wildman–Crippen LogP) is 3.93. The molecule has 3 atom stereocenters. The lowest BCUT2D eigenvalue weighted by Gasteiger charge is -2.45. The average Bonchev–Trinajstić information content (AvgIpc) is 3.39. The van der Waals surface area contributed by atoms with Gasteiger partial charge >= 0.3 is 6.01 Å². The first-order chi connectivity index (χ1) is 19.9. The Balaban J connectivity index is 1.36. The molecule has 216 valence electrons. The molecule has 2 aromatic rings. The summed E-state index contributed by atoms with van der Waals surface area (Å²) in [5.41, 5.74) is 4.54. The van der Waals surface area contributed by atoms with E-state index in [0.29, 0.717) is 44.2 Å². The van der Waals surface area contributed by atoms with Gasteiger partial charge in [0, 0.05) is 31.2 Å². The standard InChI is InChI=1S/C32H40N6O3/c1-4-27(39)38-19-18-37(20-24(38)13-16-33)29-26-12-15-32(14-6-10-23-9-5-8-22(2)28(23)32)41-30(26)35-31(34-29)40-21-25-11-7-17-36(25)3/h4-5,8-9,24-25H,1,6-7,10-15,17-21H2,2-3H3/t24-,25-,32?/m0/s1. The van der Waals surface area contributed by atoms with Crippen molar-refractivity contribution >= 4 is 11.7 Å². The van der Waals surface area contributed by atoms with E-state index in [9.17, 15) is 10.1 Å². The maximum atomic E-state index is 12.5. The summed E-state index contributed by atoms with van der Waals surface area (Å²) in [7, 11) is 2.13. The zero-order valence-electron chi connectivity index (χ0n) is 24.3. The normalized spacial score (nSPS) is 25.7. The van der Waals surface area contributed by atoms with Gasteiger partial charge in [0.15, 0.2) is 0 Å². The number of anilines is 1. The molecule has 0 bridgehead atoms. The zero-order valence-corrected chi connectivity index (χ0v) is 24.3. The van der Waals surface area contributed by atoms with Crippen LogP contribution in [0.1, 0.15) is 60.8 Å². The molecule has 2 saturated heterocycles. The first-order valence-corrected chi connectivity index (χ1v) is 15.0. The molecule has 4 aliphatic rings. The lowest BCUT2D eigenvalue weighted by Crippen LogP contribution is -2.55. The minimum absolute atomic E-state index is 0.143. The number of aromatic nitrogens is 2. The van der Waals surface area contributed by atoms with E-state index in [-0.39, 0.29) is 18.4 Å². The average molecular weight is 557 g/mol. The van der Waals surface area contributed by atoms with E-state index in [1.54, 1.807) is 4.90 Å². The number of hydrogen-bond acceptors (Lipinski definition) is 8. The molecule has 0 saturated carbocycles. The third-order valence-corrected chi connectivity index (χ3v) is 9.48. The largest absolute Gasteiger partial charge is 0.466 e. The second kappa shape index (κ2) is 11.3. The van der Waals surface area contributed by atoms with Crippen LogP contribution < -0.4 is 14.4 Å². The molecule has 4 heterocycles. The number of rotatable bonds is 6. The molecular formula is C32H40N6O3. The van der Waals surface area contributed by atoms with Crippen LogP contribution in [-0.4, -0.2) is 77.6 Å². The van der Waals surface area contributed by atoms with Gasteiger partial charge in [0.1, 0.15) is 18.0 Å². The summed E-state index contributed by atoms with van der Waals surface area (Å²) in [4.78, 5) is 28.6. The van der Waals surface area contributed by atoms with Gasteiger partial charge in [-0.25, -0.2) is 0 Å². The molecule has 1 spiro atoms. The van der Waals surface area contributed by atoms with Crippen LogP contribution >= 0.6 is 0 Å². The van der Waals surface area contributed by atoms with Crippen molar-refractivity contribution < 1.29 is 14.3 Å². The molecule has 0 N–H and O–H groups in total. The van der Waals surface area contributed by atoms with Gasteiger partial charge in [0.25, 0.3) is 0 Å². The van der Waals surface area contributed by atoms with E-state index < -0.39 is 5.60 Å². The number of ether oxygens (including phenoxy) is 2. The molecule has 3 aliphatic heterocycles. The Morgan fingerprint density at radius 1 is 1.22 bits per heavy atom. The number of nitrogens with zero attached hydrogens (tertiary/aromatic N) is 6. The first kappa shape index (κ1) is 27.5. The molecule has 1 unspecified atom stereocenters. The monoisotopic (exact) mass is 556 g/mol. The van der Waals surface area contributed by atoms with Crippen LogP contribution in [0.5, 0.6) is 11.9 Å². The highest BCUT2D eigenvalue weighted by Gasteiger charge is 2.45. The first-order valence-electron chi connectivity index (χ1n) is 15.0. The molecule has 1 amide bonds. The van der Waals surface area contributed by atoms with Crippen LogP contribution in [0.2, 0.25) is 0 Å². The highest BCUT2D eigenvalue weighted by atomic mass is 16.5. The maximum Gasteiger partial charge on any atom is 0.321 e. The number of fused-ring (bicyclic) bond motifs is 3. The molecule has 9 heteroatoms. The second-order valence-electron chi connectivity index (χ2n) is 12.0. The van der Waals surface area contributed by atoms with Crippen molar-refractivity contribution in [2.45, 2.75) is 76.0 Å². The summed E-state index contributed by atoms with van der Waals surface area (Å²) in [6.07, 6.45) is 8.60. The summed E-state index contributed by atoms with van der Waals surface area (Å²) in [6, 6.07) is 9.25. The highest BCUT2D eigenvalue weighted by molar-refractivity contribution is 5.87. The van der Waals surface area contributed by atoms with Gasteiger partial charge in [-0.2, -0.15) is 15.2 Å². The summed E-state index contributed by atoms with van der Waals surface area (Å²) >= 11 is 0. The fraction of sp³-hybridized carbons (Fsp3) is 0.562. The van der Waals surface area contributed by atoms with E-state index in [2.05, 4.69) is 54.6 Å². The van der Waals surface area contributed by atoms with Gasteiger partial charge in [-0.3, -0.25) is 4.79 Å². The van der Waals surface area contributed by atoms with Gasteiger partial charge in [-0.15, -0.1) is 0 Å². The Morgan fingerprint density at radius 2 is 2.10 bits per heavy atom. The molecule has 41 heavy (non-hydrogen) atoms. The van der Waals surface area contributed by atoms with Gasteiger partial charge < -0.3 is 24.2 Å². The molecule has 1 aliphatic carbocycles. The highest BCUT2D eigenvalue weighted by Crippen LogP contribution is 2.49.